The van der Waals surface area contributed by atoms with E-state index in [9.17, 15) is 14.4 Å². The molecule has 0 aromatic carbocycles. The Kier molecular flexibility index (Phi) is 3.42. The Morgan fingerprint density at radius 2 is 2.11 bits per heavy atom. The number of carbonyl (C=O) groups excluding carboxylic acids is 1. The van der Waals surface area contributed by atoms with E-state index in [1.165, 1.54) is 0 Å². The molecule has 1 aromatic heterocycles. The zero-order chi connectivity index (χ0) is 14.2. The van der Waals surface area contributed by atoms with Crippen LogP contribution in [-0.2, 0) is 16.1 Å². The van der Waals surface area contributed by atoms with Crippen molar-refractivity contribution < 1.29 is 14.7 Å². The predicted octanol–water partition coefficient (Wildman–Crippen LogP) is 0.329. The highest BCUT2D eigenvalue weighted by atomic mass is 16.4. The first kappa shape index (κ1) is 13.3. The number of nitrogens with one attached hydrogen (secondary N) is 2. The quantitative estimate of drug-likeness (QED) is 0.729. The fourth-order valence-corrected chi connectivity index (χ4v) is 2.17. The molecule has 0 radical (unpaired) electrons. The molecule has 0 saturated heterocycles. The van der Waals surface area contributed by atoms with E-state index in [1.54, 1.807) is 13.8 Å². The van der Waals surface area contributed by atoms with Gasteiger partial charge in [-0.2, -0.15) is 0 Å². The van der Waals surface area contributed by atoms with Gasteiger partial charge in [0.1, 0.15) is 0 Å². The third-order valence-electron chi connectivity index (χ3n) is 3.38. The number of hydrogen-bond acceptors (Lipinski definition) is 3. The van der Waals surface area contributed by atoms with E-state index >= 15 is 0 Å². The molecule has 6 nitrogen and oxygen atoms in total. The fourth-order valence-electron chi connectivity index (χ4n) is 2.17. The van der Waals surface area contributed by atoms with Crippen LogP contribution in [0.3, 0.4) is 0 Å². The Morgan fingerprint density at radius 3 is 2.63 bits per heavy atom. The van der Waals surface area contributed by atoms with Gasteiger partial charge >= 0.3 is 5.97 Å². The lowest BCUT2D eigenvalue weighted by molar-refractivity contribution is -0.140. The second-order valence-electron chi connectivity index (χ2n) is 4.95. The molecule has 1 heterocycles. The first-order chi connectivity index (χ1) is 8.90. The van der Waals surface area contributed by atoms with Gasteiger partial charge in [0.2, 0.25) is 5.91 Å². The van der Waals surface area contributed by atoms with Crippen LogP contribution >= 0.6 is 0 Å². The molecule has 0 spiro atoms. The predicted molar refractivity (Wildman–Crippen MR) is 67.6 cm³/mol. The maximum absolute atomic E-state index is 11.7. The molecule has 1 amide bonds. The van der Waals surface area contributed by atoms with Gasteiger partial charge in [-0.3, -0.25) is 14.4 Å². The summed E-state index contributed by atoms with van der Waals surface area (Å²) in [6.45, 7) is 3.72. The zero-order valence-corrected chi connectivity index (χ0v) is 10.8. The third-order valence-corrected chi connectivity index (χ3v) is 3.38. The summed E-state index contributed by atoms with van der Waals surface area (Å²) in [7, 11) is 0. The minimum absolute atomic E-state index is 0.128. The average molecular weight is 264 g/mol. The van der Waals surface area contributed by atoms with Gasteiger partial charge in [-0.1, -0.05) is 0 Å². The molecule has 1 aliphatic carbocycles. The summed E-state index contributed by atoms with van der Waals surface area (Å²) in [5, 5.41) is 11.4. The molecular weight excluding hydrogens is 248 g/mol. The molecule has 102 valence electrons. The van der Waals surface area contributed by atoms with E-state index in [4.69, 9.17) is 5.11 Å². The van der Waals surface area contributed by atoms with Gasteiger partial charge in [0.25, 0.3) is 5.56 Å². The maximum Gasteiger partial charge on any atom is 0.307 e. The molecule has 0 aliphatic heterocycles. The van der Waals surface area contributed by atoms with Crippen LogP contribution in [0, 0.1) is 25.7 Å². The lowest BCUT2D eigenvalue weighted by atomic mass is 10.1. The summed E-state index contributed by atoms with van der Waals surface area (Å²) < 4.78 is 0. The van der Waals surface area contributed by atoms with Crippen LogP contribution < -0.4 is 10.9 Å². The summed E-state index contributed by atoms with van der Waals surface area (Å²) in [6.07, 6.45) is 0.379. The van der Waals surface area contributed by atoms with Gasteiger partial charge in [-0.15, -0.1) is 0 Å². The topological polar surface area (TPSA) is 99.3 Å². The van der Waals surface area contributed by atoms with E-state index in [0.29, 0.717) is 12.0 Å². The number of carbonyl (C=O) groups is 2. The lowest BCUT2D eigenvalue weighted by Crippen LogP contribution is -2.29. The molecule has 2 rings (SSSR count). The smallest absolute Gasteiger partial charge is 0.307 e. The lowest BCUT2D eigenvalue weighted by Gasteiger charge is -2.07. The molecule has 19 heavy (non-hydrogen) atoms. The first-order valence-corrected chi connectivity index (χ1v) is 6.10. The van der Waals surface area contributed by atoms with Crippen LogP contribution in [0.1, 0.15) is 23.2 Å². The van der Waals surface area contributed by atoms with Crippen molar-refractivity contribution >= 4 is 11.9 Å². The van der Waals surface area contributed by atoms with Crippen molar-refractivity contribution in [1.82, 2.24) is 10.3 Å². The Labute approximate surface area is 109 Å². The van der Waals surface area contributed by atoms with Gasteiger partial charge in [0, 0.05) is 17.8 Å². The first-order valence-electron chi connectivity index (χ1n) is 6.10. The number of carboxylic acid groups (broad SMARTS) is 1. The molecule has 2 atom stereocenters. The van der Waals surface area contributed by atoms with E-state index in [0.717, 1.165) is 11.3 Å². The molecule has 6 heteroatoms. The molecule has 1 aromatic rings. The number of aryl methyl sites for hydroxylation is 2. The van der Waals surface area contributed by atoms with Crippen molar-refractivity contribution in [3.63, 3.8) is 0 Å². The number of aliphatic carboxylic acids is 1. The van der Waals surface area contributed by atoms with Crippen molar-refractivity contribution in [1.29, 1.82) is 0 Å². The number of aromatic nitrogens is 1. The third kappa shape index (κ3) is 2.83. The number of aromatic amines is 1. The van der Waals surface area contributed by atoms with Crippen molar-refractivity contribution in [2.75, 3.05) is 0 Å². The van der Waals surface area contributed by atoms with Crippen molar-refractivity contribution in [3.8, 4) is 0 Å². The van der Waals surface area contributed by atoms with E-state index < -0.39 is 17.8 Å². The van der Waals surface area contributed by atoms with E-state index in [2.05, 4.69) is 10.3 Å². The van der Waals surface area contributed by atoms with Crippen LogP contribution in [0.2, 0.25) is 0 Å². The van der Waals surface area contributed by atoms with Crippen molar-refractivity contribution in [2.45, 2.75) is 26.8 Å². The highest BCUT2D eigenvalue weighted by Gasteiger charge is 2.48. The monoisotopic (exact) mass is 264 g/mol. The highest BCUT2D eigenvalue weighted by Crippen LogP contribution is 2.38. The zero-order valence-electron chi connectivity index (χ0n) is 10.8. The van der Waals surface area contributed by atoms with Gasteiger partial charge in [-0.05, 0) is 31.9 Å². The van der Waals surface area contributed by atoms with Gasteiger partial charge in [-0.25, -0.2) is 0 Å². The van der Waals surface area contributed by atoms with E-state index in [1.807, 2.05) is 6.07 Å². The van der Waals surface area contributed by atoms with Crippen LogP contribution in [0.4, 0.5) is 0 Å². The second-order valence-corrected chi connectivity index (χ2v) is 4.95. The van der Waals surface area contributed by atoms with Gasteiger partial charge in [0.05, 0.1) is 11.8 Å². The number of H-pyrrole nitrogens is 1. The molecule has 0 unspecified atom stereocenters. The molecule has 1 fully saturated rings. The van der Waals surface area contributed by atoms with Crippen LogP contribution in [0.25, 0.3) is 0 Å². The van der Waals surface area contributed by atoms with Gasteiger partial charge < -0.3 is 15.4 Å². The number of carboxylic acids is 1. The van der Waals surface area contributed by atoms with Crippen LogP contribution in [0.5, 0.6) is 0 Å². The Morgan fingerprint density at radius 1 is 1.42 bits per heavy atom. The molecule has 3 N–H and O–H groups in total. The number of pyridine rings is 1. The van der Waals surface area contributed by atoms with Crippen molar-refractivity contribution in [2.24, 2.45) is 11.8 Å². The van der Waals surface area contributed by atoms with Crippen LogP contribution in [-0.4, -0.2) is 22.0 Å². The maximum atomic E-state index is 11.7. The Hall–Kier alpha value is -2.11. The summed E-state index contributed by atoms with van der Waals surface area (Å²) in [4.78, 5) is 36.8. The normalized spacial score (nSPS) is 20.9. The largest absolute Gasteiger partial charge is 0.481 e. The summed E-state index contributed by atoms with van der Waals surface area (Å²) in [5.41, 5.74) is 1.87. The summed E-state index contributed by atoms with van der Waals surface area (Å²) in [6, 6.07) is 1.83. The minimum atomic E-state index is -0.940. The van der Waals surface area contributed by atoms with E-state index in [-0.39, 0.29) is 18.0 Å². The Balaban J connectivity index is 1.99. The fraction of sp³-hybridized carbons (Fsp3) is 0.462. The molecule has 1 saturated carbocycles. The SMILES string of the molecule is Cc1cc(C)c(CNC(=O)[C@@H]2C[C@H]2C(=O)O)c(=O)[nH]1. The van der Waals surface area contributed by atoms with Crippen molar-refractivity contribution in [3.05, 3.63) is 33.2 Å². The number of hydrogen-bond donors (Lipinski definition) is 3. The summed E-state index contributed by atoms with van der Waals surface area (Å²) >= 11 is 0. The van der Waals surface area contributed by atoms with Crippen LogP contribution in [0.15, 0.2) is 10.9 Å². The Bertz CT molecular complexity index is 591. The second kappa shape index (κ2) is 4.87. The average Bonchev–Trinajstić information content (AvgIpc) is 3.06. The molecular formula is C13H16N2O4. The molecule has 0 bridgehead atoms. The summed E-state index contributed by atoms with van der Waals surface area (Å²) in [5.74, 6) is -2.27. The molecule has 1 aliphatic rings. The number of amides is 1. The standard InChI is InChI=1S/C13H16N2O4/c1-6-3-7(2)15-12(17)10(6)5-14-11(16)8-4-9(8)13(18)19/h3,8-9H,4-5H2,1-2H3,(H,14,16)(H,15,17)(H,18,19)/t8-,9-/m1/s1. The number of rotatable bonds is 4. The van der Waals surface area contributed by atoms with Gasteiger partial charge in [0.15, 0.2) is 0 Å². The minimum Gasteiger partial charge on any atom is -0.481 e. The highest BCUT2D eigenvalue weighted by molar-refractivity contribution is 5.89.